The average Bonchev–Trinajstić information content (AvgIpc) is 3.20. The summed E-state index contributed by atoms with van der Waals surface area (Å²) in [5, 5.41) is 5.46. The molecule has 0 aliphatic rings. The quantitative estimate of drug-likeness (QED) is 0.0433. The number of nitrogens with one attached hydrogen (secondary N) is 2. The van der Waals surface area contributed by atoms with Gasteiger partial charge in [0.1, 0.15) is 12.7 Å². The Bertz CT molecular complexity index is 1890. The van der Waals surface area contributed by atoms with Crippen molar-refractivity contribution in [2.24, 2.45) is 0 Å². The zero-order valence-electron chi connectivity index (χ0n) is 36.9. The van der Waals surface area contributed by atoms with Crippen LogP contribution in [0.15, 0.2) is 18.2 Å². The van der Waals surface area contributed by atoms with E-state index in [1.54, 1.807) is 0 Å². The molecule has 1 aromatic rings. The van der Waals surface area contributed by atoms with Gasteiger partial charge in [0.25, 0.3) is 10.0 Å². The van der Waals surface area contributed by atoms with Crippen molar-refractivity contribution < 1.29 is 112 Å². The van der Waals surface area contributed by atoms with Gasteiger partial charge >= 0.3 is 65.1 Å². The summed E-state index contributed by atoms with van der Waals surface area (Å²) in [5.74, 6) is -53.2. The number of quaternary nitrogens is 1. The smallest absolute Gasteiger partial charge is 0.460 e. The van der Waals surface area contributed by atoms with Gasteiger partial charge in [-0.25, -0.2) is 18.0 Å². The number of ether oxygens (including phenoxy) is 2. The highest BCUT2D eigenvalue weighted by atomic mass is 32.2. The number of nitrogens with zero attached hydrogens (tertiary/aromatic N) is 1. The minimum Gasteiger partial charge on any atom is -0.481 e. The minimum atomic E-state index is -8.98. The zero-order valence-corrected chi connectivity index (χ0v) is 37.7. The fourth-order valence-corrected chi connectivity index (χ4v) is 7.10. The lowest BCUT2D eigenvalue weighted by Crippen LogP contribution is -2.75. The first-order valence-corrected chi connectivity index (χ1v) is 21.8. The van der Waals surface area contributed by atoms with E-state index in [2.05, 4.69) is 15.4 Å². The number of likely N-dealkylation sites (N-methyl/N-ethyl adjacent to an activating group) is 1. The normalized spacial score (nSPS) is 14.0. The summed E-state index contributed by atoms with van der Waals surface area (Å²) < 4.78 is 266. The SMILES string of the molecule is CCCCCCC(CCCCCCCCCCC(=O)O)OC(=O)Nc1ccc(C)c(NC(=O)OCCN(C)S(=O)(=O)C(F)(F)C(F)(F)C(F)(F)C(F)(F)C(F)(F)C(F)(F)C(F)(F)C(F)(F)F)c1.[NH4+]. The molecule has 0 aliphatic carbocycles. The van der Waals surface area contributed by atoms with E-state index in [0.29, 0.717) is 19.3 Å². The van der Waals surface area contributed by atoms with E-state index in [9.17, 15) is 97.4 Å². The Morgan fingerprint density at radius 1 is 0.647 bits per heavy atom. The van der Waals surface area contributed by atoms with Crippen LogP contribution in [-0.2, 0) is 24.3 Å². The first-order valence-electron chi connectivity index (χ1n) is 20.3. The number of carbonyl (C=O) groups excluding carboxylic acids is 2. The molecule has 2 amide bonds. The average molecular weight is 1050 g/mol. The van der Waals surface area contributed by atoms with Crippen molar-refractivity contribution in [1.82, 2.24) is 10.5 Å². The van der Waals surface area contributed by atoms with Gasteiger partial charge in [-0.05, 0) is 56.7 Å². The number of unbranched alkanes of at least 4 members (excludes halogenated alkanes) is 10. The molecule has 12 nitrogen and oxygen atoms in total. The second kappa shape index (κ2) is 25.2. The Morgan fingerprint density at radius 2 is 1.09 bits per heavy atom. The van der Waals surface area contributed by atoms with E-state index in [4.69, 9.17) is 9.84 Å². The third-order valence-corrected chi connectivity index (χ3v) is 12.0. The van der Waals surface area contributed by atoms with E-state index in [1.165, 1.54) is 19.1 Å². The molecule has 1 atom stereocenters. The van der Waals surface area contributed by atoms with Crippen LogP contribution in [0.2, 0.25) is 0 Å². The lowest BCUT2D eigenvalue weighted by molar-refractivity contribution is -0.458. The largest absolute Gasteiger partial charge is 0.481 e. The van der Waals surface area contributed by atoms with Crippen molar-refractivity contribution in [3.05, 3.63) is 23.8 Å². The van der Waals surface area contributed by atoms with Gasteiger partial charge in [0.15, 0.2) is 0 Å². The van der Waals surface area contributed by atoms with Crippen molar-refractivity contribution in [1.29, 1.82) is 0 Å². The molecule has 68 heavy (non-hydrogen) atoms. The summed E-state index contributed by atoms with van der Waals surface area (Å²) in [6.45, 7) is 0.159. The Labute approximate surface area is 379 Å². The molecular weight excluding hydrogens is 995 g/mol. The van der Waals surface area contributed by atoms with Crippen LogP contribution in [-0.4, -0.2) is 109 Å². The molecule has 0 saturated carbocycles. The first kappa shape index (κ1) is 63.9. The van der Waals surface area contributed by atoms with Crippen LogP contribution in [0.1, 0.15) is 109 Å². The number of aryl methyl sites for hydroxylation is 1. The molecule has 0 fully saturated rings. The van der Waals surface area contributed by atoms with Gasteiger partial charge in [-0.1, -0.05) is 70.8 Å². The second-order valence-corrected chi connectivity index (χ2v) is 17.4. The van der Waals surface area contributed by atoms with E-state index in [1.807, 2.05) is 6.92 Å². The number of alkyl halides is 17. The highest BCUT2D eigenvalue weighted by Crippen LogP contribution is 2.64. The Balaban J connectivity index is 0.0000449. The molecule has 0 bridgehead atoms. The molecule has 30 heteroatoms. The number of benzene rings is 1. The molecule has 1 unspecified atom stereocenters. The standard InChI is InChI=1S/C38H50F17N3O8S.H3N/c1-4-5-6-13-16-26(17-14-11-9-7-8-10-12-15-18-28(59)60)66-30(62)56-25-20-19-24(2)27(23-25)57-29(61)65-22-21-58(3)67(63,64)38(54,55)36(49,50)34(45,46)32(41,42)31(39,40)33(43,44)35(47,48)37(51,52)53;/h19-20,23,26H,4-18,21-22H2,1-3H3,(H,56,62)(H,57,61)(H,59,60);1H3/p+1. The number of carboxylic acids is 1. The molecule has 0 saturated heterocycles. The monoisotopic (exact) mass is 1050 g/mol. The number of rotatable bonds is 30. The predicted molar refractivity (Wildman–Crippen MR) is 211 cm³/mol. The van der Waals surface area contributed by atoms with Crippen LogP contribution < -0.4 is 16.8 Å². The highest BCUT2D eigenvalue weighted by molar-refractivity contribution is 7.90. The maximum atomic E-state index is 14.6. The fraction of sp³-hybridized carbons (Fsp3) is 0.763. The molecule has 1 aromatic carbocycles. The summed E-state index contributed by atoms with van der Waals surface area (Å²) >= 11 is 0. The van der Waals surface area contributed by atoms with Crippen molar-refractivity contribution in [2.45, 2.75) is 163 Å². The summed E-state index contributed by atoms with van der Waals surface area (Å²) in [7, 11) is -7.77. The van der Waals surface area contributed by atoms with Crippen molar-refractivity contribution in [2.75, 3.05) is 30.8 Å². The lowest BCUT2D eigenvalue weighted by atomic mass is 9.91. The van der Waals surface area contributed by atoms with Crippen LogP contribution in [0.25, 0.3) is 0 Å². The molecule has 0 heterocycles. The molecule has 0 aromatic heterocycles. The Kier molecular flexibility index (Phi) is 23.6. The van der Waals surface area contributed by atoms with E-state index in [0.717, 1.165) is 76.7 Å². The number of sulfonamides is 1. The molecule has 1 rings (SSSR count). The maximum absolute atomic E-state index is 14.6. The molecule has 0 spiro atoms. The van der Waals surface area contributed by atoms with Crippen LogP contribution >= 0.6 is 0 Å². The van der Waals surface area contributed by atoms with E-state index >= 15 is 0 Å². The summed E-state index contributed by atoms with van der Waals surface area (Å²) in [5.41, 5.74) is 0.118. The van der Waals surface area contributed by atoms with Crippen molar-refractivity contribution in [3.63, 3.8) is 0 Å². The molecule has 7 N–H and O–H groups in total. The minimum absolute atomic E-state index is 0. The van der Waals surface area contributed by atoms with E-state index in [-0.39, 0.29) is 36.6 Å². The number of amides is 2. The molecule has 0 aliphatic heterocycles. The van der Waals surface area contributed by atoms with Gasteiger partial charge in [-0.15, -0.1) is 0 Å². The molecular formula is C38H54F17N4O8S+. The maximum Gasteiger partial charge on any atom is 0.460 e. The summed E-state index contributed by atoms with van der Waals surface area (Å²) in [6.07, 6.45) is 0.649. The topological polar surface area (TPSA) is 188 Å². The number of anilines is 2. The van der Waals surface area contributed by atoms with Gasteiger partial charge < -0.3 is 20.7 Å². The first-order chi connectivity index (χ1) is 30.4. The Morgan fingerprint density at radius 3 is 1.56 bits per heavy atom. The number of carbonyl (C=O) groups is 3. The summed E-state index contributed by atoms with van der Waals surface area (Å²) in [6, 6.07) is 3.86. The van der Waals surface area contributed by atoms with Gasteiger partial charge in [-0.2, -0.15) is 78.9 Å². The predicted octanol–water partition coefficient (Wildman–Crippen LogP) is 13.0. The van der Waals surface area contributed by atoms with Crippen LogP contribution in [0, 0.1) is 6.92 Å². The van der Waals surface area contributed by atoms with Crippen LogP contribution in [0.4, 0.5) is 95.6 Å². The lowest BCUT2D eigenvalue weighted by Gasteiger charge is -2.42. The fourth-order valence-electron chi connectivity index (χ4n) is 5.94. The second-order valence-electron chi connectivity index (χ2n) is 15.3. The van der Waals surface area contributed by atoms with Gasteiger partial charge in [0, 0.05) is 31.4 Å². The highest BCUT2D eigenvalue weighted by Gasteiger charge is 2.96. The third kappa shape index (κ3) is 15.0. The zero-order chi connectivity index (χ0) is 52.1. The molecule has 0 radical (unpaired) electrons. The Hall–Kier alpha value is -4.09. The van der Waals surface area contributed by atoms with Gasteiger partial charge in [0.2, 0.25) is 0 Å². The van der Waals surface area contributed by atoms with E-state index < -0.39 is 98.7 Å². The number of carboxylic acid groups (broad SMARTS) is 1. The van der Waals surface area contributed by atoms with Crippen molar-refractivity contribution in [3.8, 4) is 0 Å². The van der Waals surface area contributed by atoms with Crippen molar-refractivity contribution >= 4 is 39.6 Å². The summed E-state index contributed by atoms with van der Waals surface area (Å²) in [4.78, 5) is 35.9. The number of halogens is 17. The molecule has 398 valence electrons. The van der Waals surface area contributed by atoms with Crippen LogP contribution in [0.3, 0.4) is 0 Å². The van der Waals surface area contributed by atoms with Gasteiger partial charge in [0.05, 0.1) is 0 Å². The van der Waals surface area contributed by atoms with Gasteiger partial charge in [-0.3, -0.25) is 15.4 Å². The third-order valence-electron chi connectivity index (χ3n) is 10.1. The number of hydrogen-bond acceptors (Lipinski definition) is 7. The van der Waals surface area contributed by atoms with Crippen LogP contribution in [0.5, 0.6) is 0 Å². The number of hydrogen-bond donors (Lipinski definition) is 4. The number of aliphatic carboxylic acids is 1.